The third-order valence-corrected chi connectivity index (χ3v) is 3.26. The van der Waals surface area contributed by atoms with Gasteiger partial charge in [0.25, 0.3) is 0 Å². The fourth-order valence-electron chi connectivity index (χ4n) is 1.73. The average Bonchev–Trinajstić information content (AvgIpc) is 2.91. The van der Waals surface area contributed by atoms with E-state index in [0.717, 1.165) is 15.8 Å². The molecule has 0 N–H and O–H groups in total. The van der Waals surface area contributed by atoms with Gasteiger partial charge in [-0.3, -0.25) is 4.79 Å². The zero-order valence-electron chi connectivity index (χ0n) is 11.2. The summed E-state index contributed by atoms with van der Waals surface area (Å²) in [5.74, 6) is 0.662. The van der Waals surface area contributed by atoms with E-state index in [-0.39, 0.29) is 12.5 Å². The fraction of sp³-hybridized carbons (Fsp3) is 0.333. The highest BCUT2D eigenvalue weighted by atomic mass is 79.9. The quantitative estimate of drug-likeness (QED) is 0.815. The molecule has 0 saturated heterocycles. The van der Waals surface area contributed by atoms with Crippen LogP contribution in [0, 0.1) is 0 Å². The van der Waals surface area contributed by atoms with Gasteiger partial charge in [0, 0.05) is 23.6 Å². The molecular weight excluding hydrogens is 326 g/mol. The Hall–Kier alpha value is -1.96. The molecule has 0 spiro atoms. The number of ether oxygens (including phenoxy) is 1. The van der Waals surface area contributed by atoms with Gasteiger partial charge in [0.05, 0.1) is 7.11 Å². The summed E-state index contributed by atoms with van der Waals surface area (Å²) in [6.45, 7) is 0.559. The van der Waals surface area contributed by atoms with Crippen LogP contribution >= 0.6 is 15.9 Å². The molecule has 0 radical (unpaired) electrons. The lowest BCUT2D eigenvalue weighted by Crippen LogP contribution is -2.30. The number of hydrogen-bond donors (Lipinski definition) is 0. The maximum absolute atomic E-state index is 12.1. The normalized spacial score (nSPS) is 10.3. The second kappa shape index (κ2) is 6.47. The lowest BCUT2D eigenvalue weighted by molar-refractivity contribution is -0.131. The molecule has 1 heterocycles. The van der Waals surface area contributed by atoms with Gasteiger partial charge >= 0.3 is 0 Å². The summed E-state index contributed by atoms with van der Waals surface area (Å²) in [6.07, 6.45) is 1.41. The molecule has 2 rings (SSSR count). The van der Waals surface area contributed by atoms with Crippen molar-refractivity contribution >= 4 is 21.8 Å². The van der Waals surface area contributed by atoms with Crippen LogP contribution in [-0.4, -0.2) is 45.2 Å². The van der Waals surface area contributed by atoms with Crippen molar-refractivity contribution in [2.75, 3.05) is 14.2 Å². The van der Waals surface area contributed by atoms with Gasteiger partial charge in [-0.2, -0.15) is 0 Å². The van der Waals surface area contributed by atoms with Crippen LogP contribution in [0.2, 0.25) is 0 Å². The van der Waals surface area contributed by atoms with Gasteiger partial charge in [-0.1, -0.05) is 15.9 Å². The molecule has 1 amide bonds. The number of carbonyl (C=O) groups is 1. The van der Waals surface area contributed by atoms with E-state index in [1.165, 1.54) is 11.0 Å². The van der Waals surface area contributed by atoms with Crippen LogP contribution in [0.3, 0.4) is 0 Å². The highest BCUT2D eigenvalue weighted by molar-refractivity contribution is 9.10. The number of hydrogen-bond acceptors (Lipinski definition) is 5. The Morgan fingerprint density at radius 2 is 2.30 bits per heavy atom. The second-order valence-corrected chi connectivity index (χ2v) is 5.13. The van der Waals surface area contributed by atoms with E-state index in [2.05, 4.69) is 31.5 Å². The van der Waals surface area contributed by atoms with E-state index in [0.29, 0.717) is 6.54 Å². The van der Waals surface area contributed by atoms with Gasteiger partial charge in [-0.25, -0.2) is 4.68 Å². The molecule has 1 aromatic heterocycles. The zero-order valence-corrected chi connectivity index (χ0v) is 12.7. The standard InChI is InChI=1S/C12H14BrN5O2/c1-17(12(19)7-18-8-14-15-16-18)6-9-5-10(13)3-4-11(9)20-2/h3-5,8H,6-7H2,1-2H3. The summed E-state index contributed by atoms with van der Waals surface area (Å²) in [6, 6.07) is 5.68. The number of tetrazole rings is 1. The minimum atomic E-state index is -0.0840. The predicted molar refractivity (Wildman–Crippen MR) is 75.0 cm³/mol. The topological polar surface area (TPSA) is 73.1 Å². The number of carbonyl (C=O) groups excluding carboxylic acids is 1. The molecule has 0 unspecified atom stereocenters. The van der Waals surface area contributed by atoms with E-state index in [4.69, 9.17) is 4.74 Å². The minimum absolute atomic E-state index is 0.0840. The van der Waals surface area contributed by atoms with Crippen molar-refractivity contribution in [2.45, 2.75) is 13.1 Å². The number of nitrogens with zero attached hydrogens (tertiary/aromatic N) is 5. The van der Waals surface area contributed by atoms with Crippen molar-refractivity contribution in [1.29, 1.82) is 0 Å². The van der Waals surface area contributed by atoms with Crippen molar-refractivity contribution in [3.8, 4) is 5.75 Å². The van der Waals surface area contributed by atoms with E-state index in [1.54, 1.807) is 19.1 Å². The Morgan fingerprint density at radius 3 is 2.95 bits per heavy atom. The van der Waals surface area contributed by atoms with Crippen molar-refractivity contribution in [3.05, 3.63) is 34.6 Å². The number of rotatable bonds is 5. The Bertz CT molecular complexity index is 588. The molecule has 8 heteroatoms. The molecule has 0 aliphatic heterocycles. The highest BCUT2D eigenvalue weighted by Gasteiger charge is 2.13. The molecular formula is C12H14BrN5O2. The maximum atomic E-state index is 12.1. The van der Waals surface area contributed by atoms with Crippen molar-refractivity contribution in [1.82, 2.24) is 25.1 Å². The minimum Gasteiger partial charge on any atom is -0.496 e. The van der Waals surface area contributed by atoms with Crippen molar-refractivity contribution < 1.29 is 9.53 Å². The molecule has 106 valence electrons. The van der Waals surface area contributed by atoms with Gasteiger partial charge in [0.15, 0.2) is 0 Å². The second-order valence-electron chi connectivity index (χ2n) is 4.21. The Morgan fingerprint density at radius 1 is 1.50 bits per heavy atom. The van der Waals surface area contributed by atoms with Gasteiger partial charge in [-0.15, -0.1) is 5.10 Å². The first-order valence-electron chi connectivity index (χ1n) is 5.87. The third kappa shape index (κ3) is 3.53. The zero-order chi connectivity index (χ0) is 14.5. The van der Waals surface area contributed by atoms with E-state index >= 15 is 0 Å². The number of likely N-dealkylation sites (N-methyl/N-ethyl adjacent to an activating group) is 1. The highest BCUT2D eigenvalue weighted by Crippen LogP contribution is 2.24. The Balaban J connectivity index is 2.05. The predicted octanol–water partition coefficient (Wildman–Crippen LogP) is 1.10. The van der Waals surface area contributed by atoms with Gasteiger partial charge < -0.3 is 9.64 Å². The molecule has 2 aromatic rings. The lowest BCUT2D eigenvalue weighted by atomic mass is 10.2. The fourth-order valence-corrected chi connectivity index (χ4v) is 2.13. The largest absolute Gasteiger partial charge is 0.496 e. The summed E-state index contributed by atoms with van der Waals surface area (Å²) in [4.78, 5) is 13.7. The smallest absolute Gasteiger partial charge is 0.244 e. The molecule has 0 bridgehead atoms. The number of amides is 1. The number of aromatic nitrogens is 4. The van der Waals surface area contributed by atoms with E-state index in [9.17, 15) is 4.79 Å². The van der Waals surface area contributed by atoms with Crippen LogP contribution in [0.4, 0.5) is 0 Å². The van der Waals surface area contributed by atoms with Crippen LogP contribution in [0.25, 0.3) is 0 Å². The van der Waals surface area contributed by atoms with E-state index in [1.807, 2.05) is 18.2 Å². The van der Waals surface area contributed by atoms with Crippen LogP contribution in [0.1, 0.15) is 5.56 Å². The molecule has 20 heavy (non-hydrogen) atoms. The lowest BCUT2D eigenvalue weighted by Gasteiger charge is -2.18. The summed E-state index contributed by atoms with van der Waals surface area (Å²) in [7, 11) is 3.34. The van der Waals surface area contributed by atoms with Crippen LogP contribution in [-0.2, 0) is 17.9 Å². The van der Waals surface area contributed by atoms with Gasteiger partial charge in [0.1, 0.15) is 18.6 Å². The molecule has 7 nitrogen and oxygen atoms in total. The van der Waals surface area contributed by atoms with Crippen LogP contribution < -0.4 is 4.74 Å². The molecule has 0 aliphatic rings. The van der Waals surface area contributed by atoms with Crippen molar-refractivity contribution in [2.24, 2.45) is 0 Å². The maximum Gasteiger partial charge on any atom is 0.244 e. The third-order valence-electron chi connectivity index (χ3n) is 2.76. The monoisotopic (exact) mass is 339 g/mol. The SMILES string of the molecule is COc1ccc(Br)cc1CN(C)C(=O)Cn1cnnn1. The summed E-state index contributed by atoms with van der Waals surface area (Å²) < 4.78 is 7.62. The molecule has 1 aromatic carbocycles. The first-order chi connectivity index (χ1) is 9.60. The Labute approximate surface area is 124 Å². The first-order valence-corrected chi connectivity index (χ1v) is 6.66. The molecule has 0 fully saturated rings. The molecule has 0 saturated carbocycles. The molecule has 0 aliphatic carbocycles. The summed E-state index contributed by atoms with van der Waals surface area (Å²) in [5.41, 5.74) is 0.925. The summed E-state index contributed by atoms with van der Waals surface area (Å²) in [5, 5.41) is 10.7. The Kier molecular flexibility index (Phi) is 4.67. The van der Waals surface area contributed by atoms with Crippen molar-refractivity contribution in [3.63, 3.8) is 0 Å². The van der Waals surface area contributed by atoms with E-state index < -0.39 is 0 Å². The van der Waals surface area contributed by atoms with Crippen LogP contribution in [0.5, 0.6) is 5.75 Å². The molecule has 0 atom stereocenters. The number of methoxy groups -OCH3 is 1. The number of halogens is 1. The van der Waals surface area contributed by atoms with Gasteiger partial charge in [-0.05, 0) is 28.6 Å². The number of benzene rings is 1. The average molecular weight is 340 g/mol. The van der Waals surface area contributed by atoms with Crippen LogP contribution in [0.15, 0.2) is 29.0 Å². The van der Waals surface area contributed by atoms with Gasteiger partial charge in [0.2, 0.25) is 5.91 Å². The first kappa shape index (κ1) is 14.4. The summed E-state index contributed by atoms with van der Waals surface area (Å²) >= 11 is 3.41.